The molecule has 0 radical (unpaired) electrons. The normalized spacial score (nSPS) is 22.6. The SMILES string of the molecule is CNC(C)Cc1noc(CC2CCCSC2)n1. The highest BCUT2D eigenvalue weighted by Crippen LogP contribution is 2.25. The highest BCUT2D eigenvalue weighted by atomic mass is 32.2. The number of nitrogens with one attached hydrogen (secondary N) is 1. The maximum Gasteiger partial charge on any atom is 0.226 e. The van der Waals surface area contributed by atoms with E-state index in [1.54, 1.807) is 0 Å². The van der Waals surface area contributed by atoms with Crippen molar-refractivity contribution in [3.63, 3.8) is 0 Å². The molecule has 4 nitrogen and oxygen atoms in total. The summed E-state index contributed by atoms with van der Waals surface area (Å²) in [5.41, 5.74) is 0. The van der Waals surface area contributed by atoms with Gasteiger partial charge in [-0.25, -0.2) is 0 Å². The van der Waals surface area contributed by atoms with Crippen LogP contribution in [0.15, 0.2) is 4.52 Å². The minimum Gasteiger partial charge on any atom is -0.339 e. The number of nitrogens with zero attached hydrogens (tertiary/aromatic N) is 2. The minimum absolute atomic E-state index is 0.394. The first-order valence-electron chi connectivity index (χ1n) is 6.34. The van der Waals surface area contributed by atoms with Gasteiger partial charge in [-0.1, -0.05) is 5.16 Å². The van der Waals surface area contributed by atoms with Gasteiger partial charge in [0.1, 0.15) is 0 Å². The van der Waals surface area contributed by atoms with Crippen molar-refractivity contribution in [2.24, 2.45) is 5.92 Å². The number of hydrogen-bond donors (Lipinski definition) is 1. The molecule has 0 bridgehead atoms. The van der Waals surface area contributed by atoms with Gasteiger partial charge in [-0.3, -0.25) is 0 Å². The molecule has 2 unspecified atom stereocenters. The largest absolute Gasteiger partial charge is 0.339 e. The lowest BCUT2D eigenvalue weighted by Crippen LogP contribution is -2.24. The van der Waals surface area contributed by atoms with Crippen LogP contribution in [-0.2, 0) is 12.8 Å². The molecule has 1 aromatic heterocycles. The lowest BCUT2D eigenvalue weighted by Gasteiger charge is -2.19. The average Bonchev–Trinajstić information content (AvgIpc) is 2.77. The molecule has 0 aliphatic carbocycles. The molecule has 0 amide bonds. The monoisotopic (exact) mass is 255 g/mol. The summed E-state index contributed by atoms with van der Waals surface area (Å²) >= 11 is 2.04. The molecular formula is C12H21N3OS. The van der Waals surface area contributed by atoms with Crippen LogP contribution in [-0.4, -0.2) is 34.7 Å². The van der Waals surface area contributed by atoms with E-state index < -0.39 is 0 Å². The van der Waals surface area contributed by atoms with Crippen molar-refractivity contribution in [3.8, 4) is 0 Å². The van der Waals surface area contributed by atoms with Gasteiger partial charge in [0, 0.05) is 18.9 Å². The van der Waals surface area contributed by atoms with Crippen LogP contribution in [0.3, 0.4) is 0 Å². The highest BCUT2D eigenvalue weighted by Gasteiger charge is 2.18. The van der Waals surface area contributed by atoms with Crippen LogP contribution in [0.2, 0.25) is 0 Å². The van der Waals surface area contributed by atoms with Crippen molar-refractivity contribution in [1.29, 1.82) is 0 Å². The Morgan fingerprint density at radius 1 is 1.59 bits per heavy atom. The number of rotatable bonds is 5. The second-order valence-corrected chi connectivity index (χ2v) is 5.94. The standard InChI is InChI=1S/C12H21N3OS/c1-9(13-2)6-11-14-12(16-15-11)7-10-4-3-5-17-8-10/h9-10,13H,3-8H2,1-2H3. The molecule has 17 heavy (non-hydrogen) atoms. The van der Waals surface area contributed by atoms with Gasteiger partial charge in [-0.2, -0.15) is 16.7 Å². The Kier molecular flexibility index (Phi) is 4.86. The molecular weight excluding hydrogens is 234 g/mol. The third kappa shape index (κ3) is 4.00. The first kappa shape index (κ1) is 12.9. The van der Waals surface area contributed by atoms with Gasteiger partial charge in [0.2, 0.25) is 5.89 Å². The van der Waals surface area contributed by atoms with Crippen molar-refractivity contribution in [2.75, 3.05) is 18.6 Å². The number of thioether (sulfide) groups is 1. The van der Waals surface area contributed by atoms with Crippen LogP contribution < -0.4 is 5.32 Å². The van der Waals surface area contributed by atoms with E-state index in [1.807, 2.05) is 18.8 Å². The summed E-state index contributed by atoms with van der Waals surface area (Å²) < 4.78 is 5.31. The van der Waals surface area contributed by atoms with Crippen molar-refractivity contribution in [3.05, 3.63) is 11.7 Å². The fourth-order valence-electron chi connectivity index (χ4n) is 2.05. The molecule has 0 saturated carbocycles. The average molecular weight is 255 g/mol. The third-order valence-electron chi connectivity index (χ3n) is 3.21. The van der Waals surface area contributed by atoms with Crippen LogP contribution in [0.1, 0.15) is 31.5 Å². The van der Waals surface area contributed by atoms with Crippen molar-refractivity contribution in [2.45, 2.75) is 38.6 Å². The minimum atomic E-state index is 0.394. The van der Waals surface area contributed by atoms with Crippen molar-refractivity contribution < 1.29 is 4.52 Å². The molecule has 0 spiro atoms. The van der Waals surface area contributed by atoms with E-state index in [1.165, 1.54) is 24.3 Å². The Morgan fingerprint density at radius 3 is 3.18 bits per heavy atom. The van der Waals surface area contributed by atoms with Gasteiger partial charge < -0.3 is 9.84 Å². The summed E-state index contributed by atoms with van der Waals surface area (Å²) in [5, 5.41) is 7.22. The molecule has 1 fully saturated rings. The van der Waals surface area contributed by atoms with Crippen LogP contribution in [0.25, 0.3) is 0 Å². The third-order valence-corrected chi connectivity index (χ3v) is 4.49. The Bertz CT molecular complexity index is 336. The first-order valence-corrected chi connectivity index (χ1v) is 7.50. The molecule has 5 heteroatoms. The van der Waals surface area contributed by atoms with Gasteiger partial charge in [-0.15, -0.1) is 0 Å². The number of hydrogen-bond acceptors (Lipinski definition) is 5. The fourth-order valence-corrected chi connectivity index (χ4v) is 3.20. The Morgan fingerprint density at radius 2 is 2.47 bits per heavy atom. The van der Waals surface area contributed by atoms with Crippen LogP contribution >= 0.6 is 11.8 Å². The molecule has 2 atom stereocenters. The maximum atomic E-state index is 5.31. The van der Waals surface area contributed by atoms with Gasteiger partial charge in [0.15, 0.2) is 5.82 Å². The van der Waals surface area contributed by atoms with E-state index in [-0.39, 0.29) is 0 Å². The molecule has 1 saturated heterocycles. The Hall–Kier alpha value is -0.550. The predicted octanol–water partition coefficient (Wildman–Crippen LogP) is 1.91. The summed E-state index contributed by atoms with van der Waals surface area (Å²) in [6.45, 7) is 2.12. The highest BCUT2D eigenvalue weighted by molar-refractivity contribution is 7.99. The van der Waals surface area contributed by atoms with E-state index in [2.05, 4.69) is 22.4 Å². The summed E-state index contributed by atoms with van der Waals surface area (Å²) in [7, 11) is 1.95. The fraction of sp³-hybridized carbons (Fsp3) is 0.833. The zero-order valence-corrected chi connectivity index (χ0v) is 11.4. The van der Waals surface area contributed by atoms with E-state index in [9.17, 15) is 0 Å². The summed E-state index contributed by atoms with van der Waals surface area (Å²) in [6, 6.07) is 0.394. The topological polar surface area (TPSA) is 51.0 Å². The predicted molar refractivity (Wildman–Crippen MR) is 70.3 cm³/mol. The summed E-state index contributed by atoms with van der Waals surface area (Å²) in [6.07, 6.45) is 4.41. The quantitative estimate of drug-likeness (QED) is 0.871. The molecule has 1 aliphatic heterocycles. The van der Waals surface area contributed by atoms with Crippen LogP contribution in [0, 0.1) is 5.92 Å². The molecule has 2 heterocycles. The van der Waals surface area contributed by atoms with E-state index in [4.69, 9.17) is 4.52 Å². The second-order valence-electron chi connectivity index (χ2n) is 4.79. The molecule has 1 aromatic rings. The van der Waals surface area contributed by atoms with Gasteiger partial charge in [0.05, 0.1) is 0 Å². The smallest absolute Gasteiger partial charge is 0.226 e. The van der Waals surface area contributed by atoms with Gasteiger partial charge in [-0.05, 0) is 44.2 Å². The van der Waals surface area contributed by atoms with Crippen LogP contribution in [0.4, 0.5) is 0 Å². The Labute approximate surface area is 107 Å². The lowest BCUT2D eigenvalue weighted by molar-refractivity contribution is 0.347. The maximum absolute atomic E-state index is 5.31. The summed E-state index contributed by atoms with van der Waals surface area (Å²) in [5.74, 6) is 4.92. The van der Waals surface area contributed by atoms with Gasteiger partial charge >= 0.3 is 0 Å². The number of likely N-dealkylation sites (N-methyl/N-ethyl adjacent to an activating group) is 1. The van der Waals surface area contributed by atoms with E-state index >= 15 is 0 Å². The first-order chi connectivity index (χ1) is 8.28. The van der Waals surface area contributed by atoms with Crippen molar-refractivity contribution >= 4 is 11.8 Å². The summed E-state index contributed by atoms with van der Waals surface area (Å²) in [4.78, 5) is 4.47. The Balaban J connectivity index is 1.84. The van der Waals surface area contributed by atoms with Gasteiger partial charge in [0.25, 0.3) is 0 Å². The molecule has 96 valence electrons. The molecule has 0 aromatic carbocycles. The van der Waals surface area contributed by atoms with Crippen molar-refractivity contribution in [1.82, 2.24) is 15.5 Å². The zero-order valence-electron chi connectivity index (χ0n) is 10.6. The zero-order chi connectivity index (χ0) is 12.1. The lowest BCUT2D eigenvalue weighted by atomic mass is 10.0. The number of aromatic nitrogens is 2. The molecule has 1 N–H and O–H groups in total. The second kappa shape index (κ2) is 6.40. The van der Waals surface area contributed by atoms with E-state index in [0.29, 0.717) is 6.04 Å². The molecule has 2 rings (SSSR count). The molecule has 1 aliphatic rings. The van der Waals surface area contributed by atoms with E-state index in [0.717, 1.165) is 30.5 Å². The van der Waals surface area contributed by atoms with Crippen LogP contribution in [0.5, 0.6) is 0 Å².